The smallest absolute Gasteiger partial charge is 0.392 e. The second-order valence-electron chi connectivity index (χ2n) is 8.01. The van der Waals surface area contributed by atoms with Crippen LogP contribution < -0.4 is 9.47 Å². The van der Waals surface area contributed by atoms with Crippen LogP contribution in [0.25, 0.3) is 0 Å². The third kappa shape index (κ3) is 4.80. The van der Waals surface area contributed by atoms with Crippen molar-refractivity contribution in [1.82, 2.24) is 4.90 Å². The van der Waals surface area contributed by atoms with E-state index in [1.54, 1.807) is 0 Å². The van der Waals surface area contributed by atoms with Gasteiger partial charge in [-0.1, -0.05) is 0 Å². The summed E-state index contributed by atoms with van der Waals surface area (Å²) < 4.78 is 87.1. The number of amides is 1. The maximum atomic E-state index is 14.5. The Morgan fingerprint density at radius 2 is 1.97 bits per heavy atom. The molecule has 2 atom stereocenters. The van der Waals surface area contributed by atoms with Crippen LogP contribution in [0.5, 0.6) is 11.5 Å². The van der Waals surface area contributed by atoms with E-state index in [-0.39, 0.29) is 54.8 Å². The van der Waals surface area contributed by atoms with Crippen molar-refractivity contribution < 1.29 is 45.7 Å². The molecule has 2 unspecified atom stereocenters. The van der Waals surface area contributed by atoms with Crippen molar-refractivity contribution in [1.29, 1.82) is 0 Å². The van der Waals surface area contributed by atoms with Gasteiger partial charge in [-0.05, 0) is 36.4 Å². The van der Waals surface area contributed by atoms with Gasteiger partial charge in [-0.3, -0.25) is 4.79 Å². The third-order valence-corrected chi connectivity index (χ3v) is 5.97. The van der Waals surface area contributed by atoms with Gasteiger partial charge in [0.1, 0.15) is 30.1 Å². The number of benzene rings is 2. The summed E-state index contributed by atoms with van der Waals surface area (Å²) in [4.78, 5) is 14.6. The first-order valence-electron chi connectivity index (χ1n) is 10.5. The molecule has 34 heavy (non-hydrogen) atoms. The Morgan fingerprint density at radius 3 is 2.71 bits per heavy atom. The molecule has 0 radical (unpaired) electrons. The number of carbonyl (C=O) groups is 1. The largest absolute Gasteiger partial charge is 0.493 e. The summed E-state index contributed by atoms with van der Waals surface area (Å²) >= 11 is 0. The Hall–Kier alpha value is -2.92. The van der Waals surface area contributed by atoms with Crippen molar-refractivity contribution in [3.63, 3.8) is 0 Å². The lowest BCUT2D eigenvalue weighted by molar-refractivity contribution is -0.139. The molecule has 4 rings (SSSR count). The van der Waals surface area contributed by atoms with Crippen molar-refractivity contribution in [2.45, 2.75) is 30.7 Å². The van der Waals surface area contributed by atoms with Gasteiger partial charge in [-0.2, -0.15) is 13.2 Å². The molecular weight excluding hydrogens is 465 g/mol. The van der Waals surface area contributed by atoms with Crippen molar-refractivity contribution >= 4 is 5.91 Å². The molecule has 2 saturated heterocycles. The van der Waals surface area contributed by atoms with E-state index in [9.17, 15) is 26.7 Å². The van der Waals surface area contributed by atoms with Crippen molar-refractivity contribution in [2.75, 3.05) is 33.6 Å². The highest BCUT2D eigenvalue weighted by Crippen LogP contribution is 2.44. The summed E-state index contributed by atoms with van der Waals surface area (Å²) in [6, 6.07) is 7.30. The minimum absolute atomic E-state index is 0.0455. The van der Waals surface area contributed by atoms with Crippen LogP contribution in [0.3, 0.4) is 0 Å². The Bertz CT molecular complexity index is 1060. The standard InChI is InChI=1S/C23H22F5NO5/c1-31-19-10-14(2-5-18(19)32-9-7-23(26,27)28)21(30)29-8-6-22(20(12-29)33-13-34-22)16-11-15(24)3-4-17(16)25/h2-5,10-11,20H,6-9,12-13H2,1H3. The van der Waals surface area contributed by atoms with Crippen molar-refractivity contribution in [2.24, 2.45) is 0 Å². The summed E-state index contributed by atoms with van der Waals surface area (Å²) in [6.07, 6.45) is -6.01. The number of carbonyl (C=O) groups excluding carboxylic acids is 1. The van der Waals surface area contributed by atoms with Crippen LogP contribution in [0.2, 0.25) is 0 Å². The molecule has 1 amide bonds. The van der Waals surface area contributed by atoms with Gasteiger partial charge in [0.2, 0.25) is 0 Å². The molecule has 2 heterocycles. The quantitative estimate of drug-likeness (QED) is 0.565. The first kappa shape index (κ1) is 24.2. The number of hydrogen-bond acceptors (Lipinski definition) is 5. The molecule has 2 aliphatic heterocycles. The molecular formula is C23H22F5NO5. The van der Waals surface area contributed by atoms with Gasteiger partial charge in [-0.25, -0.2) is 8.78 Å². The van der Waals surface area contributed by atoms with Crippen LogP contribution >= 0.6 is 0 Å². The highest BCUT2D eigenvalue weighted by molar-refractivity contribution is 5.95. The van der Waals surface area contributed by atoms with Crippen LogP contribution in [-0.4, -0.2) is 56.7 Å². The van der Waals surface area contributed by atoms with E-state index in [2.05, 4.69) is 0 Å². The molecule has 0 N–H and O–H groups in total. The molecule has 2 aliphatic rings. The second-order valence-corrected chi connectivity index (χ2v) is 8.01. The zero-order chi connectivity index (χ0) is 24.5. The fourth-order valence-corrected chi connectivity index (χ4v) is 4.25. The van der Waals surface area contributed by atoms with Gasteiger partial charge in [0.15, 0.2) is 11.5 Å². The Balaban J connectivity index is 1.49. The summed E-state index contributed by atoms with van der Waals surface area (Å²) in [7, 11) is 1.31. The predicted molar refractivity (Wildman–Crippen MR) is 109 cm³/mol. The Kier molecular flexibility index (Phi) is 6.68. The number of nitrogens with zero attached hydrogens (tertiary/aromatic N) is 1. The van der Waals surface area contributed by atoms with Crippen molar-refractivity contribution in [3.8, 4) is 11.5 Å². The maximum absolute atomic E-state index is 14.5. The highest BCUT2D eigenvalue weighted by atomic mass is 19.4. The lowest BCUT2D eigenvalue weighted by Crippen LogP contribution is -2.53. The number of methoxy groups -OCH3 is 1. The second kappa shape index (κ2) is 9.38. The molecule has 184 valence electrons. The molecule has 0 spiro atoms. The lowest BCUT2D eigenvalue weighted by atomic mass is 9.81. The average molecular weight is 487 g/mol. The van der Waals surface area contributed by atoms with Gasteiger partial charge >= 0.3 is 6.18 Å². The monoisotopic (exact) mass is 487 g/mol. The first-order valence-corrected chi connectivity index (χ1v) is 10.5. The lowest BCUT2D eigenvalue weighted by Gasteiger charge is -2.42. The van der Waals surface area contributed by atoms with E-state index < -0.39 is 42.5 Å². The molecule has 0 aromatic heterocycles. The van der Waals surface area contributed by atoms with Crippen LogP contribution in [0.1, 0.15) is 28.8 Å². The van der Waals surface area contributed by atoms with E-state index in [4.69, 9.17) is 18.9 Å². The number of ether oxygens (including phenoxy) is 4. The number of hydrogen-bond donors (Lipinski definition) is 0. The van der Waals surface area contributed by atoms with E-state index in [1.807, 2.05) is 0 Å². The fourth-order valence-electron chi connectivity index (χ4n) is 4.25. The number of likely N-dealkylation sites (tertiary alicyclic amines) is 1. The van der Waals surface area contributed by atoms with E-state index >= 15 is 0 Å². The highest BCUT2D eigenvalue weighted by Gasteiger charge is 2.52. The number of rotatable bonds is 6. The zero-order valence-corrected chi connectivity index (χ0v) is 18.2. The minimum atomic E-state index is -4.35. The summed E-state index contributed by atoms with van der Waals surface area (Å²) in [6.45, 7) is -0.459. The summed E-state index contributed by atoms with van der Waals surface area (Å²) in [5.74, 6) is -1.42. The third-order valence-electron chi connectivity index (χ3n) is 5.97. The number of piperidine rings is 1. The minimum Gasteiger partial charge on any atom is -0.493 e. The summed E-state index contributed by atoms with van der Waals surface area (Å²) in [5.41, 5.74) is -0.941. The van der Waals surface area contributed by atoms with E-state index in [0.29, 0.717) is 0 Å². The SMILES string of the molecule is COc1cc(C(=O)N2CCC3(c4cc(F)ccc4F)OCOC3C2)ccc1OCCC(F)(F)F. The molecule has 0 bridgehead atoms. The van der Waals surface area contributed by atoms with Gasteiger partial charge < -0.3 is 23.8 Å². The zero-order valence-electron chi connectivity index (χ0n) is 18.2. The molecule has 2 fully saturated rings. The number of alkyl halides is 3. The molecule has 11 heteroatoms. The molecule has 2 aromatic rings. The molecule has 0 aliphatic carbocycles. The topological polar surface area (TPSA) is 57.2 Å². The van der Waals surface area contributed by atoms with Crippen LogP contribution in [0.15, 0.2) is 36.4 Å². The Labute approximate surface area is 192 Å². The van der Waals surface area contributed by atoms with Gasteiger partial charge in [-0.15, -0.1) is 0 Å². The van der Waals surface area contributed by atoms with E-state index in [0.717, 1.165) is 18.2 Å². The number of halogens is 5. The number of fused-ring (bicyclic) bond motifs is 1. The van der Waals surface area contributed by atoms with Crippen LogP contribution in [0.4, 0.5) is 22.0 Å². The average Bonchev–Trinajstić information content (AvgIpc) is 3.23. The maximum Gasteiger partial charge on any atom is 0.392 e. The molecule has 0 saturated carbocycles. The van der Waals surface area contributed by atoms with Crippen LogP contribution in [0, 0.1) is 11.6 Å². The molecule has 6 nitrogen and oxygen atoms in total. The predicted octanol–water partition coefficient (Wildman–Crippen LogP) is 4.42. The van der Waals surface area contributed by atoms with E-state index in [1.165, 1.54) is 30.2 Å². The Morgan fingerprint density at radius 1 is 1.18 bits per heavy atom. The van der Waals surface area contributed by atoms with Gasteiger partial charge in [0, 0.05) is 24.1 Å². The normalized spacial score (nSPS) is 22.4. The van der Waals surface area contributed by atoms with Crippen molar-refractivity contribution in [3.05, 3.63) is 59.2 Å². The van der Waals surface area contributed by atoms with Gasteiger partial charge in [0.05, 0.1) is 26.7 Å². The van der Waals surface area contributed by atoms with Gasteiger partial charge in [0.25, 0.3) is 5.91 Å². The summed E-state index contributed by atoms with van der Waals surface area (Å²) in [5, 5.41) is 0. The van der Waals surface area contributed by atoms with Crippen LogP contribution in [-0.2, 0) is 15.1 Å². The molecule has 2 aromatic carbocycles. The first-order chi connectivity index (χ1) is 16.1. The fraction of sp³-hybridized carbons (Fsp3) is 0.435.